The van der Waals surface area contributed by atoms with Gasteiger partial charge in [0.2, 0.25) is 0 Å². The molecule has 0 bridgehead atoms. The first-order valence-electron chi connectivity index (χ1n) is 4.83. The van der Waals surface area contributed by atoms with E-state index in [9.17, 15) is 0 Å². The average Bonchev–Trinajstić information content (AvgIpc) is 2.14. The van der Waals surface area contributed by atoms with Crippen molar-refractivity contribution >= 4 is 0 Å². The molecule has 1 rings (SSSR count). The lowest BCUT2D eigenvalue weighted by atomic mass is 10.0. The van der Waals surface area contributed by atoms with Crippen LogP contribution in [0.2, 0.25) is 0 Å². The van der Waals surface area contributed by atoms with Crippen LogP contribution >= 0.6 is 0 Å². The van der Waals surface area contributed by atoms with Crippen molar-refractivity contribution in [1.29, 1.82) is 0 Å². The predicted molar refractivity (Wildman–Crippen MR) is 51.2 cm³/mol. The zero-order valence-electron chi connectivity index (χ0n) is 7.72. The van der Waals surface area contributed by atoms with Gasteiger partial charge in [-0.3, -0.25) is 0 Å². The molecule has 1 fully saturated rings. The highest BCUT2D eigenvalue weighted by Gasteiger charge is 2.12. The van der Waals surface area contributed by atoms with Crippen LogP contribution in [0.4, 0.5) is 0 Å². The molecule has 1 heterocycles. The molecule has 70 valence electrons. The monoisotopic (exact) mass is 169 g/mol. The molecule has 2 heteroatoms. The summed E-state index contributed by atoms with van der Waals surface area (Å²) < 4.78 is 5.38. The summed E-state index contributed by atoms with van der Waals surface area (Å²) in [5.74, 6) is 0.739. The van der Waals surface area contributed by atoms with Crippen LogP contribution in [0.3, 0.4) is 0 Å². The Labute approximate surface area is 75.0 Å². The molecule has 0 aliphatic carbocycles. The quantitative estimate of drug-likeness (QED) is 0.498. The van der Waals surface area contributed by atoms with E-state index in [4.69, 9.17) is 4.74 Å². The Morgan fingerprint density at radius 3 is 3.17 bits per heavy atom. The number of hydrogen-bond donors (Lipinski definition) is 1. The van der Waals surface area contributed by atoms with E-state index in [2.05, 4.69) is 11.9 Å². The Balaban J connectivity index is 1.94. The van der Waals surface area contributed by atoms with Gasteiger partial charge in [-0.25, -0.2) is 0 Å². The summed E-state index contributed by atoms with van der Waals surface area (Å²) in [5.41, 5.74) is 0. The number of nitrogens with one attached hydrogen (secondary N) is 1. The van der Waals surface area contributed by atoms with Crippen molar-refractivity contribution in [3.05, 3.63) is 12.7 Å². The molecule has 0 radical (unpaired) electrons. The van der Waals surface area contributed by atoms with E-state index < -0.39 is 0 Å². The fraction of sp³-hybridized carbons (Fsp3) is 0.800. The summed E-state index contributed by atoms with van der Waals surface area (Å²) in [6, 6.07) is 0. The maximum atomic E-state index is 5.38. The average molecular weight is 169 g/mol. The molecule has 1 N–H and O–H groups in total. The molecule has 0 amide bonds. The van der Waals surface area contributed by atoms with Crippen molar-refractivity contribution in [2.45, 2.75) is 19.3 Å². The molecule has 0 spiro atoms. The lowest BCUT2D eigenvalue weighted by Crippen LogP contribution is -2.29. The van der Waals surface area contributed by atoms with Crippen molar-refractivity contribution in [1.82, 2.24) is 5.32 Å². The van der Waals surface area contributed by atoms with E-state index in [0.717, 1.165) is 38.6 Å². The van der Waals surface area contributed by atoms with Gasteiger partial charge in [-0.15, -0.1) is 6.58 Å². The summed E-state index contributed by atoms with van der Waals surface area (Å²) in [6.07, 6.45) is 5.56. The van der Waals surface area contributed by atoms with Gasteiger partial charge in [0.1, 0.15) is 0 Å². The summed E-state index contributed by atoms with van der Waals surface area (Å²) >= 11 is 0. The van der Waals surface area contributed by atoms with Crippen LogP contribution in [-0.2, 0) is 4.74 Å². The van der Waals surface area contributed by atoms with Crippen LogP contribution in [0.15, 0.2) is 12.7 Å². The van der Waals surface area contributed by atoms with Crippen molar-refractivity contribution in [2.24, 2.45) is 5.92 Å². The predicted octanol–water partition coefficient (Wildman–Crippen LogP) is 1.58. The van der Waals surface area contributed by atoms with E-state index in [1.54, 1.807) is 0 Å². The molecule has 0 saturated carbocycles. The van der Waals surface area contributed by atoms with Gasteiger partial charge in [-0.2, -0.15) is 0 Å². The van der Waals surface area contributed by atoms with Gasteiger partial charge < -0.3 is 10.1 Å². The molecule has 0 aromatic heterocycles. The van der Waals surface area contributed by atoms with E-state index in [-0.39, 0.29) is 0 Å². The Morgan fingerprint density at radius 1 is 1.58 bits per heavy atom. The second-order valence-corrected chi connectivity index (χ2v) is 3.36. The van der Waals surface area contributed by atoms with Crippen molar-refractivity contribution in [3.8, 4) is 0 Å². The van der Waals surface area contributed by atoms with Crippen LogP contribution in [0, 0.1) is 5.92 Å². The van der Waals surface area contributed by atoms with Gasteiger partial charge in [0.15, 0.2) is 0 Å². The molecule has 0 aromatic carbocycles. The highest BCUT2D eigenvalue weighted by Crippen LogP contribution is 2.11. The molecule has 2 nitrogen and oxygen atoms in total. The summed E-state index contributed by atoms with van der Waals surface area (Å²) in [6.45, 7) is 7.75. The van der Waals surface area contributed by atoms with Crippen LogP contribution in [0.25, 0.3) is 0 Å². The topological polar surface area (TPSA) is 21.3 Å². The summed E-state index contributed by atoms with van der Waals surface area (Å²) in [4.78, 5) is 0. The van der Waals surface area contributed by atoms with E-state index >= 15 is 0 Å². The zero-order chi connectivity index (χ0) is 8.65. The molecule has 0 aromatic rings. The minimum Gasteiger partial charge on any atom is -0.381 e. The molecule has 1 atom stereocenters. The molecule has 1 saturated heterocycles. The third kappa shape index (κ3) is 3.88. The first-order chi connectivity index (χ1) is 5.93. The van der Waals surface area contributed by atoms with E-state index in [0.29, 0.717) is 0 Å². The lowest BCUT2D eigenvalue weighted by Gasteiger charge is -2.22. The van der Waals surface area contributed by atoms with E-state index in [1.807, 2.05) is 6.08 Å². The largest absolute Gasteiger partial charge is 0.381 e. The smallest absolute Gasteiger partial charge is 0.0506 e. The minimum absolute atomic E-state index is 0.739. The normalized spacial score (nSPS) is 23.8. The Hall–Kier alpha value is -0.340. The van der Waals surface area contributed by atoms with Gasteiger partial charge in [-0.1, -0.05) is 6.08 Å². The Morgan fingerprint density at radius 2 is 2.50 bits per heavy atom. The van der Waals surface area contributed by atoms with Gasteiger partial charge in [0, 0.05) is 13.2 Å². The third-order valence-electron chi connectivity index (χ3n) is 2.21. The van der Waals surface area contributed by atoms with E-state index in [1.165, 1.54) is 12.8 Å². The molecular formula is C10H19NO. The van der Waals surface area contributed by atoms with Crippen LogP contribution in [0.5, 0.6) is 0 Å². The van der Waals surface area contributed by atoms with Crippen molar-refractivity contribution in [3.63, 3.8) is 0 Å². The molecular weight excluding hydrogens is 150 g/mol. The van der Waals surface area contributed by atoms with Gasteiger partial charge >= 0.3 is 0 Å². The molecule has 1 unspecified atom stereocenters. The maximum Gasteiger partial charge on any atom is 0.0506 e. The fourth-order valence-electron chi connectivity index (χ4n) is 1.48. The first-order valence-corrected chi connectivity index (χ1v) is 4.83. The van der Waals surface area contributed by atoms with Gasteiger partial charge in [0.05, 0.1) is 6.61 Å². The Bertz CT molecular complexity index is 119. The summed E-state index contributed by atoms with van der Waals surface area (Å²) in [5, 5.41) is 3.40. The maximum absolute atomic E-state index is 5.38. The number of rotatable bonds is 5. The molecule has 1 aliphatic heterocycles. The third-order valence-corrected chi connectivity index (χ3v) is 2.21. The van der Waals surface area contributed by atoms with Crippen LogP contribution in [-0.4, -0.2) is 26.3 Å². The van der Waals surface area contributed by atoms with Gasteiger partial charge in [0.25, 0.3) is 0 Å². The highest BCUT2D eigenvalue weighted by molar-refractivity contribution is 4.70. The number of ether oxygens (including phenoxy) is 1. The Kier molecular flexibility index (Phi) is 5.04. The van der Waals surface area contributed by atoms with Crippen LogP contribution in [0.1, 0.15) is 19.3 Å². The number of hydrogen-bond acceptors (Lipinski definition) is 2. The van der Waals surface area contributed by atoms with Crippen molar-refractivity contribution in [2.75, 3.05) is 26.3 Å². The first kappa shape index (κ1) is 9.75. The molecule has 1 aliphatic rings. The van der Waals surface area contributed by atoms with Crippen LogP contribution < -0.4 is 5.32 Å². The second kappa shape index (κ2) is 6.21. The molecule has 12 heavy (non-hydrogen) atoms. The lowest BCUT2D eigenvalue weighted by molar-refractivity contribution is 0.0550. The standard InChI is InChI=1S/C10H19NO/c1-2-3-6-11-8-10-5-4-7-12-9-10/h2,10-11H,1,3-9H2. The summed E-state index contributed by atoms with van der Waals surface area (Å²) in [7, 11) is 0. The SMILES string of the molecule is C=CCCNCC1CCCOC1. The zero-order valence-corrected chi connectivity index (χ0v) is 7.72. The second-order valence-electron chi connectivity index (χ2n) is 3.36. The van der Waals surface area contributed by atoms with Crippen molar-refractivity contribution < 1.29 is 4.74 Å². The highest BCUT2D eigenvalue weighted by atomic mass is 16.5. The minimum atomic E-state index is 0.739. The van der Waals surface area contributed by atoms with Gasteiger partial charge in [-0.05, 0) is 31.7 Å². The fourth-order valence-corrected chi connectivity index (χ4v) is 1.48.